The van der Waals surface area contributed by atoms with E-state index in [-0.39, 0.29) is 28.3 Å². The van der Waals surface area contributed by atoms with Crippen molar-refractivity contribution in [3.05, 3.63) is 98.9 Å². The Labute approximate surface area is 181 Å². The molecule has 1 amide bonds. The average Bonchev–Trinajstić information content (AvgIpc) is 3.07. The number of hydrogen-bond donors (Lipinski definition) is 1. The molecule has 6 nitrogen and oxygen atoms in total. The zero-order valence-corrected chi connectivity index (χ0v) is 17.1. The first-order valence-corrected chi connectivity index (χ1v) is 9.89. The number of ether oxygens (including phenoxy) is 1. The number of rotatable bonds is 3. The third-order valence-corrected chi connectivity index (χ3v) is 5.62. The zero-order valence-electron chi connectivity index (χ0n) is 16.3. The van der Waals surface area contributed by atoms with E-state index in [1.807, 2.05) is 0 Å². The molecule has 4 aromatic rings. The third-order valence-electron chi connectivity index (χ3n) is 5.38. The maximum absolute atomic E-state index is 13.5. The van der Waals surface area contributed by atoms with Crippen LogP contribution in [0.25, 0.3) is 11.0 Å². The quantitative estimate of drug-likeness (QED) is 0.496. The Morgan fingerprint density at radius 1 is 1.03 bits per heavy atom. The molecule has 1 N–H and O–H groups in total. The minimum Gasteiger partial charge on any atom is -0.504 e. The standard InChI is InChI=1S/C24H16ClNO5/c1-30-19-11-13(9-10-17(19)27)21-20-22(28)16-7-2-3-8-18(16)31-23(20)24(29)26(21)15-6-4-5-14(25)12-15/h2-12,21,27H,1H3. The molecule has 1 aliphatic heterocycles. The molecule has 1 atom stereocenters. The lowest BCUT2D eigenvalue weighted by Gasteiger charge is -2.25. The van der Waals surface area contributed by atoms with Gasteiger partial charge in [-0.15, -0.1) is 0 Å². The van der Waals surface area contributed by atoms with Crippen molar-refractivity contribution in [1.82, 2.24) is 0 Å². The number of phenolic OH excluding ortho intramolecular Hbond substituents is 1. The molecule has 0 bridgehead atoms. The maximum Gasteiger partial charge on any atom is 0.295 e. The van der Waals surface area contributed by atoms with E-state index in [9.17, 15) is 14.7 Å². The van der Waals surface area contributed by atoms with Crippen molar-refractivity contribution in [3.63, 3.8) is 0 Å². The number of methoxy groups -OCH3 is 1. The van der Waals surface area contributed by atoms with E-state index in [1.54, 1.807) is 60.7 Å². The summed E-state index contributed by atoms with van der Waals surface area (Å²) in [5.41, 5.74) is 1.39. The average molecular weight is 434 g/mol. The molecule has 0 spiro atoms. The predicted octanol–water partition coefficient (Wildman–Crippen LogP) is 4.91. The van der Waals surface area contributed by atoms with Crippen molar-refractivity contribution >= 4 is 34.2 Å². The number of carbonyl (C=O) groups excluding carboxylic acids is 1. The first kappa shape index (κ1) is 19.2. The molecular weight excluding hydrogens is 418 g/mol. The minimum absolute atomic E-state index is 0.0132. The number of hydrogen-bond acceptors (Lipinski definition) is 5. The number of carbonyl (C=O) groups is 1. The van der Waals surface area contributed by atoms with Crippen LogP contribution < -0.4 is 15.1 Å². The van der Waals surface area contributed by atoms with Gasteiger partial charge in [0.05, 0.1) is 24.1 Å². The number of amides is 1. The third kappa shape index (κ3) is 2.95. The van der Waals surface area contributed by atoms with Crippen LogP contribution in [0.1, 0.15) is 27.7 Å². The summed E-state index contributed by atoms with van der Waals surface area (Å²) in [6.45, 7) is 0. The SMILES string of the molecule is COc1cc(C2c3c(oc4ccccc4c3=O)C(=O)N2c2cccc(Cl)c2)ccc1O. The number of anilines is 1. The molecule has 0 saturated heterocycles. The van der Waals surface area contributed by atoms with Crippen LogP contribution in [0.5, 0.6) is 11.5 Å². The van der Waals surface area contributed by atoms with Crippen molar-refractivity contribution in [1.29, 1.82) is 0 Å². The lowest BCUT2D eigenvalue weighted by atomic mass is 9.97. The van der Waals surface area contributed by atoms with Crippen molar-refractivity contribution in [2.75, 3.05) is 12.0 Å². The second-order valence-corrected chi connectivity index (χ2v) is 7.60. The largest absolute Gasteiger partial charge is 0.504 e. The number of nitrogens with zero attached hydrogens (tertiary/aromatic N) is 1. The summed E-state index contributed by atoms with van der Waals surface area (Å²) in [6, 6.07) is 17.6. The number of halogens is 1. The molecule has 0 radical (unpaired) electrons. The number of fused-ring (bicyclic) bond motifs is 2. The fraction of sp³-hybridized carbons (Fsp3) is 0.0833. The highest BCUT2D eigenvalue weighted by Crippen LogP contribution is 2.43. The smallest absolute Gasteiger partial charge is 0.295 e. The Kier molecular flexibility index (Phi) is 4.45. The number of para-hydroxylation sites is 1. The van der Waals surface area contributed by atoms with E-state index in [0.29, 0.717) is 27.2 Å². The van der Waals surface area contributed by atoms with E-state index < -0.39 is 11.9 Å². The van der Waals surface area contributed by atoms with Crippen LogP contribution in [0, 0.1) is 0 Å². The van der Waals surface area contributed by atoms with E-state index in [2.05, 4.69) is 0 Å². The summed E-state index contributed by atoms with van der Waals surface area (Å²) in [5, 5.41) is 10.9. The molecule has 31 heavy (non-hydrogen) atoms. The summed E-state index contributed by atoms with van der Waals surface area (Å²) < 4.78 is 11.2. The Morgan fingerprint density at radius 2 is 1.84 bits per heavy atom. The van der Waals surface area contributed by atoms with Gasteiger partial charge in [-0.05, 0) is 48.0 Å². The monoisotopic (exact) mass is 433 g/mol. The molecule has 2 heterocycles. The molecule has 1 aliphatic rings. The van der Waals surface area contributed by atoms with Crippen LogP contribution in [0.3, 0.4) is 0 Å². The molecule has 0 aliphatic carbocycles. The second kappa shape index (κ2) is 7.18. The molecule has 3 aromatic carbocycles. The normalized spacial score (nSPS) is 15.4. The van der Waals surface area contributed by atoms with Crippen LogP contribution in [0.4, 0.5) is 5.69 Å². The summed E-state index contributed by atoms with van der Waals surface area (Å²) >= 11 is 6.18. The Hall–Kier alpha value is -3.77. The van der Waals surface area contributed by atoms with E-state index >= 15 is 0 Å². The van der Waals surface area contributed by atoms with Gasteiger partial charge in [-0.25, -0.2) is 0 Å². The highest BCUT2D eigenvalue weighted by molar-refractivity contribution is 6.31. The summed E-state index contributed by atoms with van der Waals surface area (Å²) in [5.74, 6) is -0.275. The summed E-state index contributed by atoms with van der Waals surface area (Å²) in [7, 11) is 1.43. The summed E-state index contributed by atoms with van der Waals surface area (Å²) in [6.07, 6.45) is 0. The molecule has 1 unspecified atom stereocenters. The zero-order chi connectivity index (χ0) is 21.7. The van der Waals surface area contributed by atoms with Gasteiger partial charge in [0.25, 0.3) is 5.91 Å². The maximum atomic E-state index is 13.5. The van der Waals surface area contributed by atoms with Crippen molar-refractivity contribution in [3.8, 4) is 11.5 Å². The van der Waals surface area contributed by atoms with Gasteiger partial charge in [0.2, 0.25) is 5.76 Å². The van der Waals surface area contributed by atoms with E-state index in [0.717, 1.165) is 0 Å². The van der Waals surface area contributed by atoms with Crippen LogP contribution in [-0.2, 0) is 0 Å². The Morgan fingerprint density at radius 3 is 2.61 bits per heavy atom. The van der Waals surface area contributed by atoms with Gasteiger partial charge in [0, 0.05) is 10.7 Å². The minimum atomic E-state index is -0.781. The highest BCUT2D eigenvalue weighted by atomic mass is 35.5. The molecule has 0 fully saturated rings. The molecule has 5 rings (SSSR count). The van der Waals surface area contributed by atoms with Gasteiger partial charge in [0.15, 0.2) is 16.9 Å². The van der Waals surface area contributed by atoms with E-state index in [1.165, 1.54) is 18.1 Å². The van der Waals surface area contributed by atoms with Crippen molar-refractivity contribution < 1.29 is 19.1 Å². The fourth-order valence-electron chi connectivity index (χ4n) is 3.99. The van der Waals surface area contributed by atoms with Crippen molar-refractivity contribution in [2.24, 2.45) is 0 Å². The van der Waals surface area contributed by atoms with Gasteiger partial charge in [-0.3, -0.25) is 14.5 Å². The first-order chi connectivity index (χ1) is 15.0. The van der Waals surface area contributed by atoms with E-state index in [4.69, 9.17) is 20.8 Å². The Balaban J connectivity index is 1.83. The lowest BCUT2D eigenvalue weighted by Crippen LogP contribution is -2.29. The van der Waals surface area contributed by atoms with Crippen LogP contribution >= 0.6 is 11.6 Å². The lowest BCUT2D eigenvalue weighted by molar-refractivity contribution is 0.0971. The summed E-state index contributed by atoms with van der Waals surface area (Å²) in [4.78, 5) is 28.4. The van der Waals surface area contributed by atoms with Gasteiger partial charge in [-0.2, -0.15) is 0 Å². The van der Waals surface area contributed by atoms with Gasteiger partial charge in [0.1, 0.15) is 5.58 Å². The van der Waals surface area contributed by atoms with Crippen LogP contribution in [-0.4, -0.2) is 18.1 Å². The topological polar surface area (TPSA) is 80.0 Å². The van der Waals surface area contributed by atoms with Gasteiger partial charge < -0.3 is 14.3 Å². The van der Waals surface area contributed by atoms with Crippen LogP contribution in [0.2, 0.25) is 5.02 Å². The first-order valence-electron chi connectivity index (χ1n) is 9.51. The molecular formula is C24H16ClNO5. The molecule has 7 heteroatoms. The van der Waals surface area contributed by atoms with Crippen LogP contribution in [0.15, 0.2) is 75.9 Å². The molecule has 1 aromatic heterocycles. The number of aromatic hydroxyl groups is 1. The Bertz CT molecular complexity index is 1410. The van der Waals surface area contributed by atoms with Gasteiger partial charge >= 0.3 is 0 Å². The molecule has 154 valence electrons. The van der Waals surface area contributed by atoms with Gasteiger partial charge in [-0.1, -0.05) is 35.9 Å². The highest BCUT2D eigenvalue weighted by Gasteiger charge is 2.43. The predicted molar refractivity (Wildman–Crippen MR) is 117 cm³/mol. The molecule has 0 saturated carbocycles. The fourth-order valence-corrected chi connectivity index (χ4v) is 4.18. The number of benzene rings is 3. The second-order valence-electron chi connectivity index (χ2n) is 7.16. The number of phenols is 1. The van der Waals surface area contributed by atoms with Crippen molar-refractivity contribution in [2.45, 2.75) is 6.04 Å².